The van der Waals surface area contributed by atoms with Crippen molar-refractivity contribution in [1.82, 2.24) is 5.32 Å². The monoisotopic (exact) mass is 117 g/mol. The molecule has 8 heavy (non-hydrogen) atoms. The van der Waals surface area contributed by atoms with Gasteiger partial charge in [-0.2, -0.15) is 0 Å². The highest BCUT2D eigenvalue weighted by Crippen LogP contribution is 1.99. The Morgan fingerprint density at radius 2 is 2.38 bits per heavy atom. The SMILES string of the molecule is C.FC1=CCCNC1. The first-order valence-corrected chi connectivity index (χ1v) is 2.45. The molecule has 0 saturated carbocycles. The summed E-state index contributed by atoms with van der Waals surface area (Å²) in [5.41, 5.74) is 0. The predicted octanol–water partition coefficient (Wildman–Crippen LogP) is 1.47. The van der Waals surface area contributed by atoms with Crippen LogP contribution in [0.1, 0.15) is 13.8 Å². The Labute approximate surface area is 49.6 Å². The first-order chi connectivity index (χ1) is 3.39. The average Bonchev–Trinajstić information content (AvgIpc) is 1.69. The normalized spacial score (nSPS) is 18.9. The Morgan fingerprint density at radius 3 is 2.62 bits per heavy atom. The molecule has 0 aliphatic carbocycles. The molecule has 0 saturated heterocycles. The summed E-state index contributed by atoms with van der Waals surface area (Å²) in [4.78, 5) is 0. The van der Waals surface area contributed by atoms with Gasteiger partial charge in [-0.15, -0.1) is 0 Å². The average molecular weight is 117 g/mol. The molecule has 2 heteroatoms. The second-order valence-corrected chi connectivity index (χ2v) is 1.62. The maximum absolute atomic E-state index is 12.0. The van der Waals surface area contributed by atoms with E-state index in [1.54, 1.807) is 6.08 Å². The third kappa shape index (κ3) is 2.07. The van der Waals surface area contributed by atoms with Crippen LogP contribution in [-0.2, 0) is 0 Å². The summed E-state index contributed by atoms with van der Waals surface area (Å²) in [6.07, 6.45) is 2.46. The summed E-state index contributed by atoms with van der Waals surface area (Å²) in [6.45, 7) is 1.35. The Balaban J connectivity index is 0.000000490. The fraction of sp³-hybridized carbons (Fsp3) is 0.667. The number of hydrogen-bond donors (Lipinski definition) is 1. The van der Waals surface area contributed by atoms with Crippen LogP contribution in [0.15, 0.2) is 11.9 Å². The molecule has 0 amide bonds. The first-order valence-electron chi connectivity index (χ1n) is 2.45. The Kier molecular flexibility index (Phi) is 3.44. The fourth-order valence-corrected chi connectivity index (χ4v) is 0.611. The molecule has 1 rings (SSSR count). The minimum Gasteiger partial charge on any atom is -0.310 e. The largest absolute Gasteiger partial charge is 0.310 e. The van der Waals surface area contributed by atoms with Crippen LogP contribution in [0.3, 0.4) is 0 Å². The van der Waals surface area contributed by atoms with Gasteiger partial charge < -0.3 is 5.32 Å². The number of nitrogens with one attached hydrogen (secondary N) is 1. The van der Waals surface area contributed by atoms with Crippen molar-refractivity contribution in [3.63, 3.8) is 0 Å². The molecular weight excluding hydrogens is 105 g/mol. The summed E-state index contributed by atoms with van der Waals surface area (Å²) >= 11 is 0. The van der Waals surface area contributed by atoms with E-state index in [1.165, 1.54) is 0 Å². The van der Waals surface area contributed by atoms with Crippen molar-refractivity contribution in [3.8, 4) is 0 Å². The fourth-order valence-electron chi connectivity index (χ4n) is 0.611. The molecule has 48 valence electrons. The molecule has 0 aromatic carbocycles. The zero-order chi connectivity index (χ0) is 5.11. The highest BCUT2D eigenvalue weighted by molar-refractivity contribution is 4.97. The lowest BCUT2D eigenvalue weighted by molar-refractivity contribution is 0.543. The van der Waals surface area contributed by atoms with Gasteiger partial charge in [0.25, 0.3) is 0 Å². The zero-order valence-corrected chi connectivity index (χ0v) is 4.08. The molecular formula is C6H12FN. The predicted molar refractivity (Wildman–Crippen MR) is 33.4 cm³/mol. The molecule has 1 nitrogen and oxygen atoms in total. The van der Waals surface area contributed by atoms with E-state index in [1.807, 2.05) is 0 Å². The van der Waals surface area contributed by atoms with Crippen LogP contribution in [0.25, 0.3) is 0 Å². The summed E-state index contributed by atoms with van der Waals surface area (Å²) < 4.78 is 12.0. The zero-order valence-electron chi connectivity index (χ0n) is 4.08. The standard InChI is InChI=1S/C5H8FN.CH4/c6-5-2-1-3-7-4-5;/h2,7H,1,3-4H2;1H4. The molecule has 0 radical (unpaired) electrons. The lowest BCUT2D eigenvalue weighted by atomic mass is 10.3. The summed E-state index contributed by atoms with van der Waals surface area (Å²) in [5.74, 6) is -0.0220. The van der Waals surface area contributed by atoms with E-state index in [-0.39, 0.29) is 13.3 Å². The summed E-state index contributed by atoms with van der Waals surface area (Å²) in [7, 11) is 0. The molecule has 1 heterocycles. The van der Waals surface area contributed by atoms with Gasteiger partial charge in [-0.25, -0.2) is 4.39 Å². The maximum Gasteiger partial charge on any atom is 0.110 e. The smallest absolute Gasteiger partial charge is 0.110 e. The van der Waals surface area contributed by atoms with Crippen molar-refractivity contribution in [2.45, 2.75) is 13.8 Å². The molecule has 0 bridgehead atoms. The number of halogens is 1. The third-order valence-electron chi connectivity index (χ3n) is 0.981. The van der Waals surface area contributed by atoms with Gasteiger partial charge in [-0.05, 0) is 13.0 Å². The molecule has 0 fully saturated rings. The lowest BCUT2D eigenvalue weighted by Gasteiger charge is -2.05. The Hall–Kier alpha value is -0.370. The van der Waals surface area contributed by atoms with Crippen molar-refractivity contribution in [2.75, 3.05) is 13.1 Å². The molecule has 0 atom stereocenters. The number of hydrogen-bond acceptors (Lipinski definition) is 1. The van der Waals surface area contributed by atoms with Gasteiger partial charge in [-0.3, -0.25) is 0 Å². The van der Waals surface area contributed by atoms with Gasteiger partial charge in [0.05, 0.1) is 0 Å². The van der Waals surface area contributed by atoms with Gasteiger partial charge in [-0.1, -0.05) is 13.5 Å². The second-order valence-electron chi connectivity index (χ2n) is 1.62. The van der Waals surface area contributed by atoms with Crippen LogP contribution in [0.5, 0.6) is 0 Å². The van der Waals surface area contributed by atoms with E-state index in [0.29, 0.717) is 6.54 Å². The van der Waals surface area contributed by atoms with Crippen LogP contribution in [-0.4, -0.2) is 13.1 Å². The first kappa shape index (κ1) is 7.63. The van der Waals surface area contributed by atoms with E-state index >= 15 is 0 Å². The van der Waals surface area contributed by atoms with Gasteiger partial charge in [0.15, 0.2) is 0 Å². The Morgan fingerprint density at radius 1 is 1.62 bits per heavy atom. The van der Waals surface area contributed by atoms with E-state index < -0.39 is 0 Å². The third-order valence-corrected chi connectivity index (χ3v) is 0.981. The van der Waals surface area contributed by atoms with E-state index in [0.717, 1.165) is 13.0 Å². The Bertz CT molecular complexity index is 88.5. The molecule has 0 spiro atoms. The number of rotatable bonds is 0. The molecule has 0 aromatic rings. The second kappa shape index (κ2) is 3.61. The molecule has 1 aliphatic heterocycles. The molecule has 1 aliphatic rings. The van der Waals surface area contributed by atoms with E-state index in [4.69, 9.17) is 0 Å². The minimum absolute atomic E-state index is 0. The van der Waals surface area contributed by atoms with Crippen LogP contribution in [0, 0.1) is 0 Å². The molecule has 1 N–H and O–H groups in total. The van der Waals surface area contributed by atoms with Crippen molar-refractivity contribution in [2.24, 2.45) is 0 Å². The summed E-state index contributed by atoms with van der Waals surface area (Å²) in [5, 5.41) is 2.89. The van der Waals surface area contributed by atoms with Crippen LogP contribution in [0.4, 0.5) is 4.39 Å². The topological polar surface area (TPSA) is 12.0 Å². The molecule has 0 aromatic heterocycles. The summed E-state index contributed by atoms with van der Waals surface area (Å²) in [6, 6.07) is 0. The highest BCUT2D eigenvalue weighted by atomic mass is 19.1. The van der Waals surface area contributed by atoms with Gasteiger partial charge >= 0.3 is 0 Å². The van der Waals surface area contributed by atoms with Crippen molar-refractivity contribution in [1.29, 1.82) is 0 Å². The maximum atomic E-state index is 12.0. The quantitative estimate of drug-likeness (QED) is 0.506. The van der Waals surface area contributed by atoms with Crippen LogP contribution in [0.2, 0.25) is 0 Å². The van der Waals surface area contributed by atoms with Gasteiger partial charge in [0.2, 0.25) is 0 Å². The van der Waals surface area contributed by atoms with E-state index in [2.05, 4.69) is 5.32 Å². The highest BCUT2D eigenvalue weighted by Gasteiger charge is 1.97. The molecule has 0 unspecified atom stereocenters. The minimum atomic E-state index is -0.0220. The van der Waals surface area contributed by atoms with Crippen LogP contribution < -0.4 is 5.32 Å². The van der Waals surface area contributed by atoms with Gasteiger partial charge in [0, 0.05) is 6.54 Å². The van der Waals surface area contributed by atoms with Gasteiger partial charge in [0.1, 0.15) is 5.83 Å². The van der Waals surface area contributed by atoms with Crippen molar-refractivity contribution in [3.05, 3.63) is 11.9 Å². The van der Waals surface area contributed by atoms with Crippen molar-refractivity contribution < 1.29 is 4.39 Å². The lowest BCUT2D eigenvalue weighted by Crippen LogP contribution is -2.20. The van der Waals surface area contributed by atoms with Crippen molar-refractivity contribution >= 4 is 0 Å². The van der Waals surface area contributed by atoms with Crippen LogP contribution >= 0.6 is 0 Å². The van der Waals surface area contributed by atoms with E-state index in [9.17, 15) is 4.39 Å².